The van der Waals surface area contributed by atoms with E-state index in [2.05, 4.69) is 29.2 Å². The molecule has 17 heavy (non-hydrogen) atoms. The average Bonchev–Trinajstić information content (AvgIpc) is 2.89. The molecule has 2 aliphatic rings. The Hall–Kier alpha value is -0.870. The number of hydrogen-bond acceptors (Lipinski definition) is 3. The molecule has 1 aromatic heterocycles. The van der Waals surface area contributed by atoms with E-state index < -0.39 is 0 Å². The molecule has 4 nitrogen and oxygen atoms in total. The van der Waals surface area contributed by atoms with Crippen molar-refractivity contribution in [2.75, 3.05) is 26.2 Å². The van der Waals surface area contributed by atoms with Gasteiger partial charge in [0.15, 0.2) is 0 Å². The van der Waals surface area contributed by atoms with Gasteiger partial charge in [0.05, 0.1) is 5.69 Å². The van der Waals surface area contributed by atoms with Gasteiger partial charge in [-0.2, -0.15) is 5.10 Å². The van der Waals surface area contributed by atoms with E-state index in [0.717, 1.165) is 18.4 Å². The molecule has 0 spiro atoms. The van der Waals surface area contributed by atoms with Crippen LogP contribution in [-0.4, -0.2) is 40.9 Å². The summed E-state index contributed by atoms with van der Waals surface area (Å²) in [6.07, 6.45) is 0. The van der Waals surface area contributed by atoms with Gasteiger partial charge in [0.1, 0.15) is 0 Å². The van der Waals surface area contributed by atoms with E-state index in [-0.39, 0.29) is 0 Å². The molecule has 2 atom stereocenters. The maximum absolute atomic E-state index is 4.50. The number of nitrogens with one attached hydrogen (secondary N) is 1. The van der Waals surface area contributed by atoms with Gasteiger partial charge >= 0.3 is 0 Å². The smallest absolute Gasteiger partial charge is 0.0641 e. The first-order chi connectivity index (χ1) is 8.15. The molecule has 2 saturated heterocycles. The molecule has 3 rings (SSSR count). The van der Waals surface area contributed by atoms with Crippen LogP contribution in [0, 0.1) is 25.7 Å². The number of aromatic nitrogens is 2. The highest BCUT2D eigenvalue weighted by molar-refractivity contribution is 5.24. The number of hydrogen-bond donors (Lipinski definition) is 1. The highest BCUT2D eigenvalue weighted by Gasteiger charge is 2.36. The van der Waals surface area contributed by atoms with Gasteiger partial charge in [0, 0.05) is 37.9 Å². The Bertz CT molecular complexity index is 411. The van der Waals surface area contributed by atoms with Crippen molar-refractivity contribution in [3.63, 3.8) is 0 Å². The predicted octanol–water partition coefficient (Wildman–Crippen LogP) is 0.688. The minimum atomic E-state index is 0.882. The van der Waals surface area contributed by atoms with Crippen molar-refractivity contribution in [1.82, 2.24) is 20.0 Å². The molecule has 1 N–H and O–H groups in total. The first kappa shape index (κ1) is 11.2. The molecule has 1 aromatic rings. The lowest BCUT2D eigenvalue weighted by Gasteiger charge is -2.17. The normalized spacial score (nSPS) is 28.9. The van der Waals surface area contributed by atoms with Gasteiger partial charge in [-0.1, -0.05) is 0 Å². The van der Waals surface area contributed by atoms with Crippen molar-refractivity contribution in [2.24, 2.45) is 18.9 Å². The largest absolute Gasteiger partial charge is 0.316 e. The van der Waals surface area contributed by atoms with Crippen molar-refractivity contribution in [3.05, 3.63) is 17.0 Å². The van der Waals surface area contributed by atoms with Gasteiger partial charge < -0.3 is 5.32 Å². The molecule has 0 aliphatic carbocycles. The van der Waals surface area contributed by atoms with Crippen LogP contribution < -0.4 is 5.32 Å². The molecule has 4 heteroatoms. The zero-order valence-electron chi connectivity index (χ0n) is 11.0. The fourth-order valence-electron chi connectivity index (χ4n) is 3.35. The first-order valence-electron chi connectivity index (χ1n) is 6.57. The topological polar surface area (TPSA) is 33.1 Å². The molecule has 0 aromatic carbocycles. The second kappa shape index (κ2) is 4.10. The summed E-state index contributed by atoms with van der Waals surface area (Å²) in [5.74, 6) is 1.76. The van der Waals surface area contributed by atoms with Crippen LogP contribution in [-0.2, 0) is 13.6 Å². The van der Waals surface area contributed by atoms with E-state index in [4.69, 9.17) is 0 Å². The van der Waals surface area contributed by atoms with Crippen LogP contribution in [0.3, 0.4) is 0 Å². The molecular formula is C13H22N4. The van der Waals surface area contributed by atoms with Gasteiger partial charge in [-0.3, -0.25) is 9.58 Å². The van der Waals surface area contributed by atoms with Crippen LogP contribution in [0.4, 0.5) is 0 Å². The first-order valence-corrected chi connectivity index (χ1v) is 6.57. The fourth-order valence-corrected chi connectivity index (χ4v) is 3.35. The minimum Gasteiger partial charge on any atom is -0.316 e. The molecule has 2 aliphatic heterocycles. The highest BCUT2D eigenvalue weighted by atomic mass is 15.3. The summed E-state index contributed by atoms with van der Waals surface area (Å²) >= 11 is 0. The summed E-state index contributed by atoms with van der Waals surface area (Å²) in [5.41, 5.74) is 3.94. The Morgan fingerprint density at radius 1 is 1.24 bits per heavy atom. The molecule has 94 valence electrons. The van der Waals surface area contributed by atoms with Gasteiger partial charge in [-0.25, -0.2) is 0 Å². The van der Waals surface area contributed by atoms with Gasteiger partial charge in [0.25, 0.3) is 0 Å². The summed E-state index contributed by atoms with van der Waals surface area (Å²) in [5, 5.41) is 7.99. The third-order valence-corrected chi connectivity index (χ3v) is 4.51. The Morgan fingerprint density at radius 2 is 1.88 bits per heavy atom. The number of aryl methyl sites for hydroxylation is 2. The number of rotatable bonds is 2. The molecule has 0 unspecified atom stereocenters. The van der Waals surface area contributed by atoms with Crippen LogP contribution in [0.25, 0.3) is 0 Å². The number of likely N-dealkylation sites (tertiary alicyclic amines) is 1. The Kier molecular flexibility index (Phi) is 2.71. The lowest BCUT2D eigenvalue weighted by atomic mass is 10.0. The van der Waals surface area contributed by atoms with E-state index in [0.29, 0.717) is 0 Å². The second-order valence-electron chi connectivity index (χ2n) is 5.65. The molecule has 0 amide bonds. The zero-order chi connectivity index (χ0) is 12.0. The quantitative estimate of drug-likeness (QED) is 0.817. The molecular weight excluding hydrogens is 212 g/mol. The summed E-state index contributed by atoms with van der Waals surface area (Å²) in [4.78, 5) is 2.60. The SMILES string of the molecule is Cc1nn(C)c(C)c1CN1C[C@H]2CNC[C@H]2C1. The third kappa shape index (κ3) is 1.89. The molecule has 0 saturated carbocycles. The van der Waals surface area contributed by atoms with Crippen LogP contribution in [0.1, 0.15) is 17.0 Å². The Balaban J connectivity index is 1.71. The zero-order valence-corrected chi connectivity index (χ0v) is 11.0. The van der Waals surface area contributed by atoms with E-state index >= 15 is 0 Å². The maximum Gasteiger partial charge on any atom is 0.0641 e. The molecule has 3 heterocycles. The lowest BCUT2D eigenvalue weighted by molar-refractivity contribution is 0.304. The lowest BCUT2D eigenvalue weighted by Crippen LogP contribution is -2.25. The second-order valence-corrected chi connectivity index (χ2v) is 5.65. The van der Waals surface area contributed by atoms with Crippen molar-refractivity contribution >= 4 is 0 Å². The van der Waals surface area contributed by atoms with Crippen molar-refractivity contribution in [2.45, 2.75) is 20.4 Å². The maximum atomic E-state index is 4.50. The van der Waals surface area contributed by atoms with Crippen molar-refractivity contribution in [3.8, 4) is 0 Å². The minimum absolute atomic E-state index is 0.882. The Morgan fingerprint density at radius 3 is 2.41 bits per heavy atom. The summed E-state index contributed by atoms with van der Waals surface area (Å²) in [6, 6.07) is 0. The summed E-state index contributed by atoms with van der Waals surface area (Å²) in [7, 11) is 2.04. The van der Waals surface area contributed by atoms with Gasteiger partial charge in [-0.05, 0) is 38.8 Å². The third-order valence-electron chi connectivity index (χ3n) is 4.51. The van der Waals surface area contributed by atoms with E-state index in [9.17, 15) is 0 Å². The van der Waals surface area contributed by atoms with Crippen LogP contribution in [0.2, 0.25) is 0 Å². The molecule has 0 bridgehead atoms. The number of fused-ring (bicyclic) bond motifs is 1. The number of nitrogens with zero attached hydrogens (tertiary/aromatic N) is 3. The van der Waals surface area contributed by atoms with Crippen LogP contribution in [0.5, 0.6) is 0 Å². The van der Waals surface area contributed by atoms with Crippen LogP contribution >= 0.6 is 0 Å². The van der Waals surface area contributed by atoms with E-state index in [1.165, 1.54) is 43.1 Å². The van der Waals surface area contributed by atoms with Crippen molar-refractivity contribution in [1.29, 1.82) is 0 Å². The molecule has 2 fully saturated rings. The summed E-state index contributed by atoms with van der Waals surface area (Å²) < 4.78 is 2.00. The summed E-state index contributed by atoms with van der Waals surface area (Å²) in [6.45, 7) is 10.3. The average molecular weight is 234 g/mol. The van der Waals surface area contributed by atoms with E-state index in [1.54, 1.807) is 0 Å². The molecule has 0 radical (unpaired) electrons. The van der Waals surface area contributed by atoms with Gasteiger partial charge in [-0.15, -0.1) is 0 Å². The van der Waals surface area contributed by atoms with E-state index in [1.807, 2.05) is 11.7 Å². The fraction of sp³-hybridized carbons (Fsp3) is 0.769. The van der Waals surface area contributed by atoms with Gasteiger partial charge in [0.2, 0.25) is 0 Å². The highest BCUT2D eigenvalue weighted by Crippen LogP contribution is 2.28. The van der Waals surface area contributed by atoms with Crippen molar-refractivity contribution < 1.29 is 0 Å². The predicted molar refractivity (Wildman–Crippen MR) is 67.8 cm³/mol. The monoisotopic (exact) mass is 234 g/mol. The standard InChI is InChI=1S/C13H22N4/c1-9-13(10(2)16(3)15-9)8-17-6-11-4-14-5-12(11)7-17/h11-12,14H,4-8H2,1-3H3/t11-,12+. The van der Waals surface area contributed by atoms with Crippen LogP contribution in [0.15, 0.2) is 0 Å². The Labute approximate surface area is 103 Å².